The van der Waals surface area contributed by atoms with Crippen LogP contribution in [0.1, 0.15) is 36.9 Å². The van der Waals surface area contributed by atoms with Gasteiger partial charge in [0.2, 0.25) is 0 Å². The molecule has 1 unspecified atom stereocenters. The summed E-state index contributed by atoms with van der Waals surface area (Å²) in [7, 11) is 0. The van der Waals surface area contributed by atoms with E-state index in [9.17, 15) is 0 Å². The van der Waals surface area contributed by atoms with Crippen molar-refractivity contribution >= 4 is 11.0 Å². The number of benzene rings is 3. The SMILES string of the molecule is CCc1ccc(OCCn2c(C(C)Oc3cccc(C)c3)nc3ccccc32)cc1. The summed E-state index contributed by atoms with van der Waals surface area (Å²) in [6.45, 7) is 7.53. The lowest BCUT2D eigenvalue weighted by molar-refractivity contribution is 0.207. The fourth-order valence-electron chi connectivity index (χ4n) is 3.66. The van der Waals surface area contributed by atoms with Crippen LogP contribution in [0.3, 0.4) is 0 Å². The van der Waals surface area contributed by atoms with Gasteiger partial charge in [0.1, 0.15) is 18.1 Å². The molecule has 0 saturated carbocycles. The van der Waals surface area contributed by atoms with Crippen LogP contribution < -0.4 is 9.47 Å². The third kappa shape index (κ3) is 4.48. The summed E-state index contributed by atoms with van der Waals surface area (Å²) in [5, 5.41) is 0. The molecule has 0 saturated heterocycles. The molecule has 154 valence electrons. The highest BCUT2D eigenvalue weighted by Gasteiger charge is 2.18. The van der Waals surface area contributed by atoms with E-state index >= 15 is 0 Å². The monoisotopic (exact) mass is 400 g/mol. The number of para-hydroxylation sites is 2. The van der Waals surface area contributed by atoms with Crippen molar-refractivity contribution in [2.24, 2.45) is 0 Å². The zero-order chi connectivity index (χ0) is 20.9. The van der Waals surface area contributed by atoms with E-state index in [1.165, 1.54) is 11.1 Å². The molecule has 1 heterocycles. The van der Waals surface area contributed by atoms with E-state index in [-0.39, 0.29) is 6.10 Å². The Morgan fingerprint density at radius 1 is 0.933 bits per heavy atom. The molecule has 0 amide bonds. The van der Waals surface area contributed by atoms with Crippen molar-refractivity contribution in [1.82, 2.24) is 9.55 Å². The number of nitrogens with zero attached hydrogens (tertiary/aromatic N) is 2. The minimum absolute atomic E-state index is 0.178. The molecule has 0 fully saturated rings. The molecule has 0 N–H and O–H groups in total. The molecule has 0 aliphatic heterocycles. The second-order valence-corrected chi connectivity index (χ2v) is 7.53. The average Bonchev–Trinajstić information content (AvgIpc) is 3.13. The standard InChI is InChI=1S/C26H28N2O2/c1-4-21-12-14-22(15-13-21)29-17-16-28-25-11-6-5-10-24(25)27-26(28)20(3)30-23-9-7-8-19(2)18-23/h5-15,18,20H,4,16-17H2,1-3H3. The Morgan fingerprint density at radius 2 is 1.73 bits per heavy atom. The summed E-state index contributed by atoms with van der Waals surface area (Å²) in [5.41, 5.74) is 4.56. The highest BCUT2D eigenvalue weighted by atomic mass is 16.5. The van der Waals surface area contributed by atoms with Crippen molar-refractivity contribution in [2.45, 2.75) is 39.8 Å². The fourth-order valence-corrected chi connectivity index (χ4v) is 3.66. The quantitative estimate of drug-likeness (QED) is 0.357. The van der Waals surface area contributed by atoms with E-state index in [2.05, 4.69) is 42.7 Å². The average molecular weight is 401 g/mol. The van der Waals surface area contributed by atoms with E-state index in [1.54, 1.807) is 0 Å². The zero-order valence-corrected chi connectivity index (χ0v) is 17.8. The maximum atomic E-state index is 6.22. The Kier molecular flexibility index (Phi) is 6.03. The van der Waals surface area contributed by atoms with Crippen molar-refractivity contribution in [3.63, 3.8) is 0 Å². The fraction of sp³-hybridized carbons (Fsp3) is 0.269. The molecule has 0 aliphatic rings. The molecular weight excluding hydrogens is 372 g/mol. The number of hydrogen-bond donors (Lipinski definition) is 0. The number of hydrogen-bond acceptors (Lipinski definition) is 3. The van der Waals surface area contributed by atoms with Crippen LogP contribution in [-0.2, 0) is 13.0 Å². The Morgan fingerprint density at radius 3 is 2.50 bits per heavy atom. The number of fused-ring (bicyclic) bond motifs is 1. The smallest absolute Gasteiger partial charge is 0.153 e. The molecule has 0 radical (unpaired) electrons. The highest BCUT2D eigenvalue weighted by Crippen LogP contribution is 2.26. The summed E-state index contributed by atoms with van der Waals surface area (Å²) < 4.78 is 14.4. The second kappa shape index (κ2) is 9.04. The van der Waals surface area contributed by atoms with E-state index in [0.717, 1.165) is 34.8 Å². The van der Waals surface area contributed by atoms with Crippen molar-refractivity contribution in [2.75, 3.05) is 6.61 Å². The van der Waals surface area contributed by atoms with Crippen molar-refractivity contribution in [3.05, 3.63) is 89.7 Å². The van der Waals surface area contributed by atoms with Gasteiger partial charge in [-0.15, -0.1) is 0 Å². The molecular formula is C26H28N2O2. The normalized spacial score (nSPS) is 12.1. The van der Waals surface area contributed by atoms with Gasteiger partial charge < -0.3 is 14.0 Å². The first kappa shape index (κ1) is 20.0. The van der Waals surface area contributed by atoms with Crippen LogP contribution in [-0.4, -0.2) is 16.2 Å². The number of rotatable bonds is 8. The minimum Gasteiger partial charge on any atom is -0.492 e. The van der Waals surface area contributed by atoms with Crippen LogP contribution in [0.15, 0.2) is 72.8 Å². The lowest BCUT2D eigenvalue weighted by atomic mass is 10.2. The second-order valence-electron chi connectivity index (χ2n) is 7.53. The van der Waals surface area contributed by atoms with Gasteiger partial charge >= 0.3 is 0 Å². The van der Waals surface area contributed by atoms with Crippen LogP contribution in [0.5, 0.6) is 11.5 Å². The number of aromatic nitrogens is 2. The largest absolute Gasteiger partial charge is 0.492 e. The molecule has 0 spiro atoms. The Hall–Kier alpha value is -3.27. The van der Waals surface area contributed by atoms with E-state index < -0.39 is 0 Å². The van der Waals surface area contributed by atoms with E-state index in [1.807, 2.05) is 55.5 Å². The first-order valence-electron chi connectivity index (χ1n) is 10.5. The van der Waals surface area contributed by atoms with Crippen LogP contribution in [0.25, 0.3) is 11.0 Å². The zero-order valence-electron chi connectivity index (χ0n) is 17.8. The first-order valence-corrected chi connectivity index (χ1v) is 10.5. The molecule has 4 heteroatoms. The van der Waals surface area contributed by atoms with Crippen LogP contribution in [0.4, 0.5) is 0 Å². The topological polar surface area (TPSA) is 36.3 Å². The maximum Gasteiger partial charge on any atom is 0.153 e. The molecule has 30 heavy (non-hydrogen) atoms. The summed E-state index contributed by atoms with van der Waals surface area (Å²) in [5.74, 6) is 2.65. The summed E-state index contributed by atoms with van der Waals surface area (Å²) in [6.07, 6.45) is 0.854. The third-order valence-corrected chi connectivity index (χ3v) is 5.27. The Bertz CT molecular complexity index is 1120. The van der Waals surface area contributed by atoms with Gasteiger partial charge in [-0.3, -0.25) is 0 Å². The van der Waals surface area contributed by atoms with Crippen molar-refractivity contribution < 1.29 is 9.47 Å². The van der Waals surface area contributed by atoms with Gasteiger partial charge in [-0.25, -0.2) is 4.98 Å². The molecule has 0 bridgehead atoms. The van der Waals surface area contributed by atoms with Gasteiger partial charge in [-0.05, 0) is 67.8 Å². The predicted molar refractivity (Wildman–Crippen MR) is 121 cm³/mol. The summed E-state index contributed by atoms with van der Waals surface area (Å²) in [6, 6.07) is 24.6. The Balaban J connectivity index is 1.53. The van der Waals surface area contributed by atoms with Gasteiger partial charge in [-0.1, -0.05) is 43.3 Å². The van der Waals surface area contributed by atoms with E-state index in [0.29, 0.717) is 13.2 Å². The molecule has 1 aromatic heterocycles. The van der Waals surface area contributed by atoms with Gasteiger partial charge in [0.15, 0.2) is 11.9 Å². The van der Waals surface area contributed by atoms with Gasteiger partial charge in [0.05, 0.1) is 17.6 Å². The van der Waals surface area contributed by atoms with Gasteiger partial charge in [0.25, 0.3) is 0 Å². The summed E-state index contributed by atoms with van der Waals surface area (Å²) in [4.78, 5) is 4.86. The first-order chi connectivity index (χ1) is 14.6. The number of imidazole rings is 1. The minimum atomic E-state index is -0.178. The van der Waals surface area contributed by atoms with Crippen molar-refractivity contribution in [1.29, 1.82) is 0 Å². The summed E-state index contributed by atoms with van der Waals surface area (Å²) >= 11 is 0. The molecule has 3 aromatic carbocycles. The molecule has 4 nitrogen and oxygen atoms in total. The highest BCUT2D eigenvalue weighted by molar-refractivity contribution is 5.76. The van der Waals surface area contributed by atoms with Crippen LogP contribution in [0.2, 0.25) is 0 Å². The molecule has 4 rings (SSSR count). The number of aryl methyl sites for hydroxylation is 2. The van der Waals surface area contributed by atoms with Gasteiger partial charge in [0, 0.05) is 0 Å². The third-order valence-electron chi connectivity index (χ3n) is 5.27. The van der Waals surface area contributed by atoms with Crippen LogP contribution in [0, 0.1) is 6.92 Å². The molecule has 1 atom stereocenters. The predicted octanol–water partition coefficient (Wildman–Crippen LogP) is 6.13. The van der Waals surface area contributed by atoms with E-state index in [4.69, 9.17) is 14.5 Å². The molecule has 0 aliphatic carbocycles. The van der Waals surface area contributed by atoms with Crippen LogP contribution >= 0.6 is 0 Å². The number of ether oxygens (including phenoxy) is 2. The lowest BCUT2D eigenvalue weighted by Gasteiger charge is -2.17. The Labute approximate surface area is 178 Å². The lowest BCUT2D eigenvalue weighted by Crippen LogP contribution is -2.15. The van der Waals surface area contributed by atoms with Crippen molar-refractivity contribution in [3.8, 4) is 11.5 Å². The molecule has 4 aromatic rings. The van der Waals surface area contributed by atoms with Gasteiger partial charge in [-0.2, -0.15) is 0 Å². The maximum absolute atomic E-state index is 6.22.